The minimum Gasteiger partial charge on any atom is -0.508 e. The quantitative estimate of drug-likeness (QED) is 0.798. The molecule has 0 aliphatic rings. The van der Waals surface area contributed by atoms with E-state index in [9.17, 15) is 9.32 Å². The van der Waals surface area contributed by atoms with Gasteiger partial charge in [-0.25, -0.2) is 0 Å². The first-order valence-corrected chi connectivity index (χ1v) is 6.45. The van der Waals surface area contributed by atoms with Crippen molar-refractivity contribution in [2.75, 3.05) is 5.75 Å². The first-order chi connectivity index (χ1) is 7.08. The molecule has 1 aromatic rings. The van der Waals surface area contributed by atoms with Crippen LogP contribution >= 0.6 is 0 Å². The summed E-state index contributed by atoms with van der Waals surface area (Å²) in [7, 11) is -0.891. The van der Waals surface area contributed by atoms with Gasteiger partial charge in [-0.2, -0.15) is 0 Å². The fourth-order valence-electron chi connectivity index (χ4n) is 1.22. The molecule has 1 rings (SSSR count). The molecule has 0 fully saturated rings. The molecule has 0 spiro atoms. The normalized spacial score (nSPS) is 14.8. The Morgan fingerprint density at radius 1 is 1.53 bits per heavy atom. The van der Waals surface area contributed by atoms with E-state index < -0.39 is 10.8 Å². The number of hydrogen-bond acceptors (Lipinski definition) is 3. The van der Waals surface area contributed by atoms with Crippen molar-refractivity contribution in [3.63, 3.8) is 0 Å². The van der Waals surface area contributed by atoms with E-state index in [1.165, 1.54) is 0 Å². The van der Waals surface area contributed by atoms with E-state index in [2.05, 4.69) is 0 Å². The lowest BCUT2D eigenvalue weighted by Gasteiger charge is -2.05. The average Bonchev–Trinajstić information content (AvgIpc) is 2.15. The lowest BCUT2D eigenvalue weighted by atomic mass is 10.2. The Labute approximate surface area is 92.8 Å². The molecule has 84 valence electrons. The second-order valence-corrected chi connectivity index (χ2v) is 5.30. The van der Waals surface area contributed by atoms with Crippen LogP contribution in [0.2, 0.25) is 0 Å². The molecular formula is C11H17NO2S. The molecule has 4 heteroatoms. The van der Waals surface area contributed by atoms with Crippen molar-refractivity contribution in [1.82, 2.24) is 0 Å². The van der Waals surface area contributed by atoms with Crippen LogP contribution in [0.5, 0.6) is 5.75 Å². The SMILES string of the molecule is CC(N)CCS(=O)Cc1cccc(O)c1. The van der Waals surface area contributed by atoms with Crippen LogP contribution in [-0.2, 0) is 16.6 Å². The van der Waals surface area contributed by atoms with Crippen molar-refractivity contribution in [2.45, 2.75) is 25.1 Å². The summed E-state index contributed by atoms with van der Waals surface area (Å²) < 4.78 is 11.6. The molecule has 1 aromatic carbocycles. The number of aromatic hydroxyl groups is 1. The Morgan fingerprint density at radius 2 is 2.27 bits per heavy atom. The number of benzene rings is 1. The van der Waals surface area contributed by atoms with Crippen LogP contribution in [0.4, 0.5) is 0 Å². The molecule has 2 atom stereocenters. The van der Waals surface area contributed by atoms with Crippen LogP contribution in [0.1, 0.15) is 18.9 Å². The molecule has 0 amide bonds. The maximum atomic E-state index is 11.6. The van der Waals surface area contributed by atoms with E-state index in [1.807, 2.05) is 13.0 Å². The van der Waals surface area contributed by atoms with Gasteiger partial charge in [0.15, 0.2) is 0 Å². The van der Waals surface area contributed by atoms with Crippen LogP contribution in [0, 0.1) is 0 Å². The van der Waals surface area contributed by atoms with E-state index in [0.29, 0.717) is 11.5 Å². The van der Waals surface area contributed by atoms with Gasteiger partial charge in [-0.1, -0.05) is 12.1 Å². The molecule has 0 saturated heterocycles. The molecular weight excluding hydrogens is 210 g/mol. The summed E-state index contributed by atoms with van der Waals surface area (Å²) in [5.41, 5.74) is 6.48. The molecule has 3 N–H and O–H groups in total. The van der Waals surface area contributed by atoms with Gasteiger partial charge in [0.2, 0.25) is 0 Å². The third-order valence-corrected chi connectivity index (χ3v) is 3.39. The van der Waals surface area contributed by atoms with Crippen molar-refractivity contribution in [2.24, 2.45) is 5.73 Å². The second kappa shape index (κ2) is 5.88. The van der Waals surface area contributed by atoms with Gasteiger partial charge in [0.1, 0.15) is 5.75 Å². The summed E-state index contributed by atoms with van der Waals surface area (Å²) in [5, 5.41) is 9.23. The lowest BCUT2D eigenvalue weighted by molar-refractivity contribution is 0.475. The van der Waals surface area contributed by atoms with Gasteiger partial charge in [-0.05, 0) is 31.0 Å². The highest BCUT2D eigenvalue weighted by Crippen LogP contribution is 2.12. The van der Waals surface area contributed by atoms with Crippen LogP contribution in [0.15, 0.2) is 24.3 Å². The largest absolute Gasteiger partial charge is 0.508 e. The molecule has 3 nitrogen and oxygen atoms in total. The molecule has 0 bridgehead atoms. The van der Waals surface area contributed by atoms with E-state index in [4.69, 9.17) is 5.73 Å². The molecule has 0 saturated carbocycles. The monoisotopic (exact) mass is 227 g/mol. The van der Waals surface area contributed by atoms with E-state index in [1.54, 1.807) is 18.2 Å². The summed E-state index contributed by atoms with van der Waals surface area (Å²) in [6.07, 6.45) is 0.769. The third kappa shape index (κ3) is 4.95. The highest BCUT2D eigenvalue weighted by atomic mass is 32.2. The smallest absolute Gasteiger partial charge is 0.115 e. The average molecular weight is 227 g/mol. The van der Waals surface area contributed by atoms with Gasteiger partial charge in [0.05, 0.1) is 0 Å². The maximum Gasteiger partial charge on any atom is 0.115 e. The van der Waals surface area contributed by atoms with E-state index in [-0.39, 0.29) is 11.8 Å². The highest BCUT2D eigenvalue weighted by molar-refractivity contribution is 7.84. The maximum absolute atomic E-state index is 11.6. The van der Waals surface area contributed by atoms with Crippen LogP contribution in [0.3, 0.4) is 0 Å². The van der Waals surface area contributed by atoms with Crippen molar-refractivity contribution in [3.8, 4) is 5.75 Å². The number of hydrogen-bond donors (Lipinski definition) is 2. The van der Waals surface area contributed by atoms with Crippen molar-refractivity contribution in [1.29, 1.82) is 0 Å². The Morgan fingerprint density at radius 3 is 2.87 bits per heavy atom. The first kappa shape index (κ1) is 12.2. The van der Waals surface area contributed by atoms with Crippen LogP contribution in [-0.4, -0.2) is 21.1 Å². The van der Waals surface area contributed by atoms with Gasteiger partial charge in [-0.3, -0.25) is 4.21 Å². The van der Waals surface area contributed by atoms with Gasteiger partial charge < -0.3 is 10.8 Å². The van der Waals surface area contributed by atoms with Gasteiger partial charge in [0.25, 0.3) is 0 Å². The Bertz CT molecular complexity index is 339. The lowest BCUT2D eigenvalue weighted by Crippen LogP contribution is -2.18. The molecule has 0 aliphatic heterocycles. The molecule has 2 unspecified atom stereocenters. The Kier molecular flexibility index (Phi) is 4.78. The van der Waals surface area contributed by atoms with Crippen molar-refractivity contribution < 1.29 is 9.32 Å². The number of nitrogens with two attached hydrogens (primary N) is 1. The summed E-state index contributed by atoms with van der Waals surface area (Å²) >= 11 is 0. The highest BCUT2D eigenvalue weighted by Gasteiger charge is 2.04. The molecule has 0 aromatic heterocycles. The predicted octanol–water partition coefficient (Wildman–Crippen LogP) is 1.38. The van der Waals surface area contributed by atoms with Gasteiger partial charge in [0, 0.05) is 28.3 Å². The van der Waals surface area contributed by atoms with Crippen LogP contribution < -0.4 is 5.73 Å². The number of phenols is 1. The molecule has 0 heterocycles. The van der Waals surface area contributed by atoms with Crippen molar-refractivity contribution in [3.05, 3.63) is 29.8 Å². The minimum absolute atomic E-state index is 0.0955. The zero-order chi connectivity index (χ0) is 11.3. The Balaban J connectivity index is 2.44. The molecule has 0 aliphatic carbocycles. The van der Waals surface area contributed by atoms with E-state index >= 15 is 0 Å². The zero-order valence-corrected chi connectivity index (χ0v) is 9.67. The summed E-state index contributed by atoms with van der Waals surface area (Å²) in [6.45, 7) is 1.91. The number of phenolic OH excluding ortho intramolecular Hbond substituents is 1. The summed E-state index contributed by atoms with van der Waals surface area (Å²) in [6, 6.07) is 6.97. The number of rotatable bonds is 5. The third-order valence-electron chi connectivity index (χ3n) is 2.04. The zero-order valence-electron chi connectivity index (χ0n) is 8.85. The summed E-state index contributed by atoms with van der Waals surface area (Å²) in [5.74, 6) is 1.32. The van der Waals surface area contributed by atoms with Gasteiger partial charge in [-0.15, -0.1) is 0 Å². The Hall–Kier alpha value is -0.870. The second-order valence-electron chi connectivity index (χ2n) is 3.72. The molecule has 0 radical (unpaired) electrons. The van der Waals surface area contributed by atoms with Crippen molar-refractivity contribution >= 4 is 10.8 Å². The van der Waals surface area contributed by atoms with Gasteiger partial charge >= 0.3 is 0 Å². The first-order valence-electron chi connectivity index (χ1n) is 4.96. The molecule has 15 heavy (non-hydrogen) atoms. The predicted molar refractivity (Wildman–Crippen MR) is 63.1 cm³/mol. The van der Waals surface area contributed by atoms with Crippen LogP contribution in [0.25, 0.3) is 0 Å². The topological polar surface area (TPSA) is 63.3 Å². The fraction of sp³-hybridized carbons (Fsp3) is 0.455. The minimum atomic E-state index is -0.891. The fourth-order valence-corrected chi connectivity index (χ4v) is 2.55. The summed E-state index contributed by atoms with van der Waals surface area (Å²) in [4.78, 5) is 0. The standard InChI is InChI=1S/C11H17NO2S/c1-9(12)5-6-15(14)8-10-3-2-4-11(13)7-10/h2-4,7,9,13H,5-6,8,12H2,1H3. The van der Waals surface area contributed by atoms with E-state index in [0.717, 1.165) is 12.0 Å².